The lowest BCUT2D eigenvalue weighted by atomic mass is 9.73. The molecule has 0 saturated heterocycles. The van der Waals surface area contributed by atoms with Crippen LogP contribution in [0.1, 0.15) is 72.9 Å². The summed E-state index contributed by atoms with van der Waals surface area (Å²) < 4.78 is 17.6. The van der Waals surface area contributed by atoms with Crippen molar-refractivity contribution in [2.24, 2.45) is 0 Å². The molecule has 2 aromatic rings. The number of aryl methyl sites for hydroxylation is 1. The largest absolute Gasteiger partial charge is 0.490 e. The normalized spacial score (nSPS) is 18.1. The minimum absolute atomic E-state index is 0.0222. The van der Waals surface area contributed by atoms with E-state index in [0.717, 1.165) is 24.0 Å². The molecule has 6 heteroatoms. The Hall–Kier alpha value is -3.67. The summed E-state index contributed by atoms with van der Waals surface area (Å²) in [7, 11) is 0. The minimum Gasteiger partial charge on any atom is -0.490 e. The average molecular weight is 473 g/mol. The Morgan fingerprint density at radius 1 is 0.886 bits per heavy atom. The summed E-state index contributed by atoms with van der Waals surface area (Å²) in [6, 6.07) is 12.4. The molecule has 0 saturated carbocycles. The van der Waals surface area contributed by atoms with Crippen molar-refractivity contribution >= 4 is 17.5 Å². The fourth-order valence-electron chi connectivity index (χ4n) is 5.06. The zero-order valence-corrected chi connectivity index (χ0v) is 20.0. The molecule has 0 unspecified atom stereocenters. The predicted octanol–water partition coefficient (Wildman–Crippen LogP) is 5.74. The number of carbonyl (C=O) groups excluding carboxylic acids is 3. The first-order valence-electron chi connectivity index (χ1n) is 12.2. The van der Waals surface area contributed by atoms with Crippen LogP contribution in [0.15, 0.2) is 65.1 Å². The molecule has 0 bridgehead atoms. The molecular formula is C29H28O6. The number of hydrogen-bond donors (Lipinski definition) is 0. The highest BCUT2D eigenvalue weighted by Crippen LogP contribution is 2.48. The summed E-state index contributed by atoms with van der Waals surface area (Å²) >= 11 is 0. The van der Waals surface area contributed by atoms with Crippen molar-refractivity contribution in [2.45, 2.75) is 58.3 Å². The predicted molar refractivity (Wildman–Crippen MR) is 129 cm³/mol. The van der Waals surface area contributed by atoms with Crippen LogP contribution in [0, 0.1) is 6.92 Å². The van der Waals surface area contributed by atoms with E-state index in [2.05, 4.69) is 0 Å². The molecule has 0 radical (unpaired) electrons. The Morgan fingerprint density at radius 3 is 2.11 bits per heavy atom. The van der Waals surface area contributed by atoms with E-state index < -0.39 is 11.9 Å². The summed E-state index contributed by atoms with van der Waals surface area (Å²) in [5, 5.41) is 0. The Bertz CT molecular complexity index is 1220. The summed E-state index contributed by atoms with van der Waals surface area (Å²) in [6.07, 6.45) is 3.76. The molecule has 0 aromatic heterocycles. The molecule has 1 heterocycles. The third kappa shape index (κ3) is 4.41. The van der Waals surface area contributed by atoms with Crippen LogP contribution >= 0.6 is 0 Å². The maximum absolute atomic E-state index is 13.0. The lowest BCUT2D eigenvalue weighted by Crippen LogP contribution is -2.30. The Balaban J connectivity index is 1.55. The maximum Gasteiger partial charge on any atom is 0.343 e. The fourth-order valence-corrected chi connectivity index (χ4v) is 5.06. The number of carbonyl (C=O) groups is 3. The van der Waals surface area contributed by atoms with Crippen molar-refractivity contribution in [3.05, 3.63) is 81.8 Å². The lowest BCUT2D eigenvalue weighted by Gasteiger charge is -2.36. The van der Waals surface area contributed by atoms with E-state index in [9.17, 15) is 14.4 Å². The van der Waals surface area contributed by atoms with E-state index in [4.69, 9.17) is 14.2 Å². The summed E-state index contributed by atoms with van der Waals surface area (Å²) in [4.78, 5) is 38.8. The van der Waals surface area contributed by atoms with E-state index in [0.29, 0.717) is 72.0 Å². The molecular weight excluding hydrogens is 444 g/mol. The molecule has 6 nitrogen and oxygen atoms in total. The van der Waals surface area contributed by atoms with Crippen LogP contribution in [-0.4, -0.2) is 24.1 Å². The summed E-state index contributed by atoms with van der Waals surface area (Å²) in [5.74, 6) is 1.14. The molecule has 2 aliphatic carbocycles. The van der Waals surface area contributed by atoms with Gasteiger partial charge in [-0.1, -0.05) is 23.8 Å². The molecule has 0 N–H and O–H groups in total. The van der Waals surface area contributed by atoms with Crippen molar-refractivity contribution < 1.29 is 28.6 Å². The second kappa shape index (κ2) is 9.53. The van der Waals surface area contributed by atoms with Gasteiger partial charge in [0.2, 0.25) is 0 Å². The van der Waals surface area contributed by atoms with Gasteiger partial charge in [0.1, 0.15) is 11.5 Å². The Kier molecular flexibility index (Phi) is 6.29. The van der Waals surface area contributed by atoms with Gasteiger partial charge >= 0.3 is 5.97 Å². The summed E-state index contributed by atoms with van der Waals surface area (Å²) in [5.41, 5.74) is 3.41. The molecule has 1 aliphatic heterocycles. The van der Waals surface area contributed by atoms with Crippen molar-refractivity contribution in [3.63, 3.8) is 0 Å². The van der Waals surface area contributed by atoms with Gasteiger partial charge in [-0.05, 0) is 56.5 Å². The highest BCUT2D eigenvalue weighted by molar-refractivity contribution is 6.05. The molecule has 0 fully saturated rings. The molecule has 2 aromatic carbocycles. The SMILES string of the molecule is CCOc1cc(C2C3=C(CCCC3=O)OC3=C2C(=O)CCC3)ccc1OC(=O)c1ccc(C)cc1. The number of allylic oxidation sites excluding steroid dienone is 4. The van der Waals surface area contributed by atoms with Gasteiger partial charge in [0.15, 0.2) is 23.1 Å². The number of hydrogen-bond acceptors (Lipinski definition) is 6. The van der Waals surface area contributed by atoms with Gasteiger partial charge in [-0.25, -0.2) is 4.79 Å². The Morgan fingerprint density at radius 2 is 1.51 bits per heavy atom. The first-order chi connectivity index (χ1) is 17.0. The molecule has 180 valence electrons. The lowest BCUT2D eigenvalue weighted by molar-refractivity contribution is -0.117. The van der Waals surface area contributed by atoms with Crippen molar-refractivity contribution in [1.29, 1.82) is 0 Å². The van der Waals surface area contributed by atoms with Crippen molar-refractivity contribution in [2.75, 3.05) is 6.61 Å². The van der Waals surface area contributed by atoms with E-state index in [1.807, 2.05) is 32.0 Å². The van der Waals surface area contributed by atoms with Crippen molar-refractivity contribution in [1.82, 2.24) is 0 Å². The molecule has 0 amide bonds. The number of Topliss-reactive ketones (excluding diaryl/α,β-unsaturated/α-hetero) is 2. The van der Waals surface area contributed by atoms with Crippen LogP contribution in [0.5, 0.6) is 11.5 Å². The number of rotatable bonds is 5. The molecule has 5 rings (SSSR count). The van der Waals surface area contributed by atoms with Gasteiger partial charge in [-0.2, -0.15) is 0 Å². The van der Waals surface area contributed by atoms with Crippen LogP contribution in [0.4, 0.5) is 0 Å². The highest BCUT2D eigenvalue weighted by Gasteiger charge is 2.42. The third-order valence-corrected chi connectivity index (χ3v) is 6.73. The molecule has 35 heavy (non-hydrogen) atoms. The minimum atomic E-state index is -0.490. The smallest absolute Gasteiger partial charge is 0.343 e. The molecule has 0 atom stereocenters. The molecule has 3 aliphatic rings. The standard InChI is InChI=1S/C29H28O6/c1-3-33-25-16-19(14-15-22(25)35-29(32)18-12-10-17(2)11-13-18)26-27-20(30)6-4-8-23(27)34-24-9-5-7-21(31)28(24)26/h10-16,26H,3-9H2,1-2H3. The Labute approximate surface area is 204 Å². The first-order valence-corrected chi connectivity index (χ1v) is 12.2. The van der Waals surface area contributed by atoms with E-state index in [1.54, 1.807) is 24.3 Å². The number of ether oxygens (including phenoxy) is 3. The van der Waals surface area contributed by atoms with Gasteiger partial charge in [-0.15, -0.1) is 0 Å². The fraction of sp³-hybridized carbons (Fsp3) is 0.345. The van der Waals surface area contributed by atoms with E-state index in [-0.39, 0.29) is 11.6 Å². The van der Waals surface area contributed by atoms with Crippen LogP contribution < -0.4 is 9.47 Å². The zero-order chi connectivity index (χ0) is 24.5. The quantitative estimate of drug-likeness (QED) is 0.408. The zero-order valence-electron chi connectivity index (χ0n) is 20.0. The van der Waals surface area contributed by atoms with Gasteiger partial charge < -0.3 is 14.2 Å². The third-order valence-electron chi connectivity index (χ3n) is 6.73. The topological polar surface area (TPSA) is 78.9 Å². The summed E-state index contributed by atoms with van der Waals surface area (Å²) in [6.45, 7) is 4.17. The van der Waals surface area contributed by atoms with Crippen LogP contribution in [0.3, 0.4) is 0 Å². The first kappa shape index (κ1) is 23.1. The van der Waals surface area contributed by atoms with Crippen molar-refractivity contribution in [3.8, 4) is 11.5 Å². The number of benzene rings is 2. The second-order valence-corrected chi connectivity index (χ2v) is 9.16. The maximum atomic E-state index is 13.0. The monoisotopic (exact) mass is 472 g/mol. The molecule has 0 spiro atoms. The van der Waals surface area contributed by atoms with Crippen LogP contribution in [0.2, 0.25) is 0 Å². The van der Waals surface area contributed by atoms with Crippen LogP contribution in [-0.2, 0) is 14.3 Å². The van der Waals surface area contributed by atoms with Crippen LogP contribution in [0.25, 0.3) is 0 Å². The average Bonchev–Trinajstić information content (AvgIpc) is 2.85. The number of esters is 1. The van der Waals surface area contributed by atoms with Gasteiger partial charge in [-0.3, -0.25) is 9.59 Å². The number of ketones is 2. The van der Waals surface area contributed by atoms with Gasteiger partial charge in [0.05, 0.1) is 12.2 Å². The van der Waals surface area contributed by atoms with Gasteiger partial charge in [0.25, 0.3) is 0 Å². The highest BCUT2D eigenvalue weighted by atomic mass is 16.6. The van der Waals surface area contributed by atoms with E-state index >= 15 is 0 Å². The second-order valence-electron chi connectivity index (χ2n) is 9.16. The van der Waals surface area contributed by atoms with E-state index in [1.165, 1.54) is 0 Å². The van der Waals surface area contributed by atoms with Gasteiger partial charge in [0, 0.05) is 42.7 Å².